The molecule has 48 heavy (non-hydrogen) atoms. The zero-order valence-corrected chi connectivity index (χ0v) is 27.2. The molecule has 6 heterocycles. The molecule has 0 saturated carbocycles. The van der Waals surface area contributed by atoms with Gasteiger partial charge in [-0.25, -0.2) is 0 Å². The Hall–Kier alpha value is -6.04. The van der Waals surface area contributed by atoms with Gasteiger partial charge in [-0.05, 0) is 84.3 Å². The van der Waals surface area contributed by atoms with Crippen LogP contribution < -0.4 is 21.4 Å². The first-order valence-corrected chi connectivity index (χ1v) is 17.0. The summed E-state index contributed by atoms with van der Waals surface area (Å²) in [5.74, 6) is 0. The molecule has 0 spiro atoms. The monoisotopic (exact) mass is 636 g/mol. The molecule has 0 aliphatic carbocycles. The van der Waals surface area contributed by atoms with Gasteiger partial charge < -0.3 is 19.9 Å². The largest absolute Gasteiger partial charge is 0.354 e. The summed E-state index contributed by atoms with van der Waals surface area (Å²) in [5, 5.41) is 4.20. The van der Waals surface area contributed by atoms with Gasteiger partial charge in [-0.1, -0.05) is 91.0 Å². The van der Waals surface area contributed by atoms with Gasteiger partial charge in [-0.2, -0.15) is 0 Å². The maximum atomic E-state index is 3.86. The maximum Gasteiger partial charge on any atom is 0.0494 e. The van der Waals surface area contributed by atoms with E-state index in [4.69, 9.17) is 0 Å². The SMILES string of the molecule is Cc1ccc(C2=c3ccc([nH]3)=C(c3ccccc3)c3ccc([nH]3)C(c3ccccc3)=c3ccc([nH]3)=C(c3ccccc3)c3ccc2[nH]3)s1. The number of aromatic nitrogens is 4. The number of H-pyrrole nitrogens is 4. The lowest BCUT2D eigenvalue weighted by molar-refractivity contribution is 1.19. The van der Waals surface area contributed by atoms with Crippen molar-refractivity contribution >= 4 is 33.6 Å². The van der Waals surface area contributed by atoms with Crippen molar-refractivity contribution in [3.63, 3.8) is 0 Å². The third-order valence-electron chi connectivity index (χ3n) is 9.07. The Morgan fingerprint density at radius 2 is 0.688 bits per heavy atom. The van der Waals surface area contributed by atoms with Gasteiger partial charge in [0.1, 0.15) is 0 Å². The van der Waals surface area contributed by atoms with Crippen molar-refractivity contribution in [2.75, 3.05) is 0 Å². The van der Waals surface area contributed by atoms with Crippen LogP contribution in [0.4, 0.5) is 0 Å². The zero-order valence-electron chi connectivity index (χ0n) is 26.3. The summed E-state index contributed by atoms with van der Waals surface area (Å²) in [6, 6.07) is 54.0. The van der Waals surface area contributed by atoms with Crippen LogP contribution in [0.5, 0.6) is 0 Å². The van der Waals surface area contributed by atoms with Crippen LogP contribution in [0.15, 0.2) is 152 Å². The normalized spacial score (nSPS) is 12.9. The number of nitrogens with one attached hydrogen (secondary N) is 4. The number of thiophene rings is 1. The van der Waals surface area contributed by atoms with E-state index >= 15 is 0 Å². The van der Waals surface area contributed by atoms with Crippen LogP contribution in [0, 0.1) is 6.92 Å². The van der Waals surface area contributed by atoms with Gasteiger partial charge in [0.15, 0.2) is 0 Å². The third kappa shape index (κ3) is 4.93. The third-order valence-corrected chi connectivity index (χ3v) is 10.1. The van der Waals surface area contributed by atoms with Gasteiger partial charge in [0, 0.05) is 76.2 Å². The fraction of sp³-hybridized carbons (Fsp3) is 0.0233. The van der Waals surface area contributed by atoms with Crippen LogP contribution in [0.25, 0.3) is 22.3 Å². The van der Waals surface area contributed by atoms with Crippen molar-refractivity contribution < 1.29 is 0 Å². The summed E-state index contributed by atoms with van der Waals surface area (Å²) in [4.78, 5) is 17.9. The second-order valence-corrected chi connectivity index (χ2v) is 13.4. The van der Waals surface area contributed by atoms with E-state index in [9.17, 15) is 0 Å². The molecule has 0 radical (unpaired) electrons. The number of aryl methyl sites for hydroxylation is 1. The molecule has 8 bridgehead atoms. The van der Waals surface area contributed by atoms with E-state index < -0.39 is 0 Å². The van der Waals surface area contributed by atoms with E-state index in [0.29, 0.717) is 0 Å². The fourth-order valence-electron chi connectivity index (χ4n) is 6.91. The number of hydrogen-bond acceptors (Lipinski definition) is 1. The van der Waals surface area contributed by atoms with Crippen molar-refractivity contribution in [1.29, 1.82) is 0 Å². The standard InChI is InChI=1S/C43H32N4S/c1-27-17-26-39(48-27)43-37-24-22-35(46-37)41(29-13-7-3-8-14-29)33-20-18-31(44-33)40(28-11-5-2-6-12-28)32-19-21-34(45-32)42(30-15-9-4-10-16-30)36-23-25-38(43)47-36/h2-26,44-47H,1H3. The number of aromatic amines is 4. The second-order valence-electron chi connectivity index (χ2n) is 12.2. The van der Waals surface area contributed by atoms with E-state index in [0.717, 1.165) is 83.2 Å². The molecule has 230 valence electrons. The lowest BCUT2D eigenvalue weighted by Gasteiger charge is -2.09. The molecular formula is C43H32N4S. The van der Waals surface area contributed by atoms with E-state index in [1.165, 1.54) is 9.75 Å². The highest BCUT2D eigenvalue weighted by molar-refractivity contribution is 7.13. The molecule has 1 aliphatic rings. The van der Waals surface area contributed by atoms with Gasteiger partial charge >= 0.3 is 0 Å². The van der Waals surface area contributed by atoms with Gasteiger partial charge in [-0.3, -0.25) is 0 Å². The van der Waals surface area contributed by atoms with Crippen molar-refractivity contribution in [2.45, 2.75) is 6.92 Å². The summed E-state index contributed by atoms with van der Waals surface area (Å²) < 4.78 is 0. The van der Waals surface area contributed by atoms with Gasteiger partial charge in [-0.15, -0.1) is 11.3 Å². The smallest absolute Gasteiger partial charge is 0.0494 e. The predicted molar refractivity (Wildman–Crippen MR) is 197 cm³/mol. The second kappa shape index (κ2) is 11.6. The first-order valence-electron chi connectivity index (χ1n) is 16.2. The van der Waals surface area contributed by atoms with Crippen LogP contribution in [0.1, 0.15) is 49.2 Å². The van der Waals surface area contributed by atoms with Crippen molar-refractivity contribution in [1.82, 2.24) is 19.9 Å². The average molecular weight is 637 g/mol. The van der Waals surface area contributed by atoms with Crippen molar-refractivity contribution in [2.24, 2.45) is 0 Å². The van der Waals surface area contributed by atoms with Crippen molar-refractivity contribution in [3.8, 4) is 0 Å². The first-order chi connectivity index (χ1) is 23.7. The Morgan fingerprint density at radius 1 is 0.333 bits per heavy atom. The molecule has 0 fully saturated rings. The summed E-state index contributed by atoms with van der Waals surface area (Å²) in [6.45, 7) is 2.17. The quantitative estimate of drug-likeness (QED) is 0.167. The van der Waals surface area contributed by atoms with E-state index in [-0.39, 0.29) is 0 Å². The molecule has 5 heteroatoms. The fourth-order valence-corrected chi connectivity index (χ4v) is 7.85. The predicted octanol–water partition coefficient (Wildman–Crippen LogP) is 6.67. The molecule has 0 unspecified atom stereocenters. The molecule has 3 aromatic carbocycles. The van der Waals surface area contributed by atoms with Crippen LogP contribution in [0.2, 0.25) is 0 Å². The summed E-state index contributed by atoms with van der Waals surface area (Å²) in [6.07, 6.45) is 0. The van der Waals surface area contributed by atoms with Crippen molar-refractivity contribution in [3.05, 3.63) is 222 Å². The highest BCUT2D eigenvalue weighted by atomic mass is 32.1. The highest BCUT2D eigenvalue weighted by Gasteiger charge is 2.18. The Morgan fingerprint density at radius 3 is 1.04 bits per heavy atom. The summed E-state index contributed by atoms with van der Waals surface area (Å²) in [5.41, 5.74) is 12.1. The minimum atomic E-state index is 1.04. The molecule has 5 aromatic heterocycles. The van der Waals surface area contributed by atoms with Crippen LogP contribution >= 0.6 is 11.3 Å². The molecule has 4 N–H and O–H groups in total. The average Bonchev–Trinajstić information content (AvgIpc) is 3.98. The molecule has 0 saturated heterocycles. The van der Waals surface area contributed by atoms with Crippen LogP contribution in [0.3, 0.4) is 0 Å². The number of rotatable bonds is 4. The lowest BCUT2D eigenvalue weighted by Crippen LogP contribution is -2.19. The molecule has 9 rings (SSSR count). The van der Waals surface area contributed by atoms with E-state index in [1.54, 1.807) is 0 Å². The molecule has 1 aliphatic heterocycles. The molecular weight excluding hydrogens is 605 g/mol. The van der Waals surface area contributed by atoms with Gasteiger partial charge in [0.05, 0.1) is 0 Å². The minimum absolute atomic E-state index is 1.04. The van der Waals surface area contributed by atoms with Gasteiger partial charge in [0.2, 0.25) is 0 Å². The first kappa shape index (κ1) is 28.2. The highest BCUT2D eigenvalue weighted by Crippen LogP contribution is 2.30. The van der Waals surface area contributed by atoms with E-state index in [1.807, 2.05) is 11.3 Å². The lowest BCUT2D eigenvalue weighted by atomic mass is 10.0. The van der Waals surface area contributed by atoms with E-state index in [2.05, 4.69) is 179 Å². The maximum absolute atomic E-state index is 3.86. The topological polar surface area (TPSA) is 63.2 Å². The number of benzene rings is 3. The Bertz CT molecular complexity index is 2660. The summed E-state index contributed by atoms with van der Waals surface area (Å²) >= 11 is 1.81. The van der Waals surface area contributed by atoms with Crippen LogP contribution in [-0.2, 0) is 0 Å². The molecule has 4 nitrogen and oxygen atoms in total. The summed E-state index contributed by atoms with van der Waals surface area (Å²) in [7, 11) is 0. The number of fused-ring (bicyclic) bond motifs is 8. The Labute approximate surface area is 281 Å². The Kier molecular flexibility index (Phi) is 6.84. The van der Waals surface area contributed by atoms with Gasteiger partial charge in [0.25, 0.3) is 0 Å². The number of hydrogen-bond donors (Lipinski definition) is 4. The Balaban J connectivity index is 1.44. The zero-order chi connectivity index (χ0) is 32.0. The minimum Gasteiger partial charge on any atom is -0.354 e. The molecule has 0 amide bonds. The van der Waals surface area contributed by atoms with Crippen LogP contribution in [-0.4, -0.2) is 19.9 Å². The molecule has 8 aromatic rings. The molecule has 0 atom stereocenters.